The summed E-state index contributed by atoms with van der Waals surface area (Å²) < 4.78 is 24.7. The Morgan fingerprint density at radius 1 is 1.12 bits per heavy atom. The van der Waals surface area contributed by atoms with Crippen LogP contribution in [0.5, 0.6) is 0 Å². The maximum atomic E-state index is 11.5. The van der Waals surface area contributed by atoms with Crippen molar-refractivity contribution in [2.24, 2.45) is 0 Å². The summed E-state index contributed by atoms with van der Waals surface area (Å²) in [6.45, 7) is 12.7. The van der Waals surface area contributed by atoms with Crippen molar-refractivity contribution >= 4 is 10.0 Å². The van der Waals surface area contributed by atoms with E-state index in [0.29, 0.717) is 13.1 Å². The van der Waals surface area contributed by atoms with Gasteiger partial charge in [0, 0.05) is 30.7 Å². The molecule has 4 nitrogen and oxygen atoms in total. The molecular formula is C11H24N2O2S. The number of rotatable bonds is 1. The van der Waals surface area contributed by atoms with Gasteiger partial charge in [0.15, 0.2) is 0 Å². The van der Waals surface area contributed by atoms with E-state index in [9.17, 15) is 8.42 Å². The first-order valence-electron chi connectivity index (χ1n) is 5.67. The summed E-state index contributed by atoms with van der Waals surface area (Å²) in [5, 5.41) is 0. The molecule has 1 fully saturated rings. The van der Waals surface area contributed by atoms with E-state index < -0.39 is 10.0 Å². The second kappa shape index (κ2) is 3.96. The molecule has 96 valence electrons. The Hall–Kier alpha value is -0.130. The maximum absolute atomic E-state index is 11.5. The number of sulfonamides is 1. The molecule has 5 heteroatoms. The molecule has 1 heterocycles. The number of nitrogens with zero attached hydrogens (tertiary/aromatic N) is 2. The summed E-state index contributed by atoms with van der Waals surface area (Å²) >= 11 is 0. The quantitative estimate of drug-likeness (QED) is 0.699. The third-order valence-electron chi connectivity index (χ3n) is 3.15. The minimum absolute atomic E-state index is 0.0765. The highest BCUT2D eigenvalue weighted by atomic mass is 32.2. The molecule has 1 aliphatic rings. The van der Waals surface area contributed by atoms with Crippen molar-refractivity contribution in [3.05, 3.63) is 0 Å². The predicted octanol–water partition coefficient (Wildman–Crippen LogP) is 1.14. The molecule has 0 aromatic carbocycles. The van der Waals surface area contributed by atoms with Gasteiger partial charge in [0.05, 0.1) is 6.26 Å². The van der Waals surface area contributed by atoms with E-state index in [1.807, 2.05) is 0 Å². The van der Waals surface area contributed by atoms with Crippen molar-refractivity contribution in [2.75, 3.05) is 25.9 Å². The Balaban J connectivity index is 2.90. The first-order valence-corrected chi connectivity index (χ1v) is 7.52. The Labute approximate surface area is 99.7 Å². The summed E-state index contributed by atoms with van der Waals surface area (Å²) in [5.74, 6) is 0. The van der Waals surface area contributed by atoms with E-state index in [1.54, 1.807) is 4.31 Å². The minimum atomic E-state index is -3.06. The van der Waals surface area contributed by atoms with Crippen LogP contribution < -0.4 is 0 Å². The lowest BCUT2D eigenvalue weighted by atomic mass is 9.92. The van der Waals surface area contributed by atoms with Crippen LogP contribution in [-0.4, -0.2) is 54.6 Å². The number of hydrogen-bond donors (Lipinski definition) is 0. The average molecular weight is 248 g/mol. The van der Waals surface area contributed by atoms with Crippen LogP contribution in [0.25, 0.3) is 0 Å². The molecule has 1 rings (SSSR count). The molecule has 0 N–H and O–H groups in total. The fourth-order valence-corrected chi connectivity index (χ4v) is 3.60. The van der Waals surface area contributed by atoms with E-state index in [-0.39, 0.29) is 11.1 Å². The van der Waals surface area contributed by atoms with E-state index in [1.165, 1.54) is 6.26 Å². The monoisotopic (exact) mass is 248 g/mol. The smallest absolute Gasteiger partial charge is 0.211 e. The summed E-state index contributed by atoms with van der Waals surface area (Å²) in [4.78, 5) is 2.38. The van der Waals surface area contributed by atoms with Crippen molar-refractivity contribution < 1.29 is 8.42 Å². The van der Waals surface area contributed by atoms with Gasteiger partial charge in [-0.15, -0.1) is 0 Å². The van der Waals surface area contributed by atoms with Crippen LogP contribution in [0.15, 0.2) is 0 Å². The zero-order chi connectivity index (χ0) is 12.8. The summed E-state index contributed by atoms with van der Waals surface area (Å²) in [6, 6.07) is 0. The maximum Gasteiger partial charge on any atom is 0.211 e. The van der Waals surface area contributed by atoms with Crippen LogP contribution in [0.4, 0.5) is 0 Å². The van der Waals surface area contributed by atoms with Crippen LogP contribution in [0.3, 0.4) is 0 Å². The highest BCUT2D eigenvalue weighted by Gasteiger charge is 2.41. The molecular weight excluding hydrogens is 224 g/mol. The van der Waals surface area contributed by atoms with Crippen LogP contribution >= 0.6 is 0 Å². The minimum Gasteiger partial charge on any atom is -0.291 e. The molecule has 0 saturated carbocycles. The average Bonchev–Trinajstić information content (AvgIpc) is 1.97. The van der Waals surface area contributed by atoms with E-state index in [2.05, 4.69) is 39.5 Å². The molecule has 0 aromatic heterocycles. The number of piperazine rings is 1. The second-order valence-electron chi connectivity index (χ2n) is 6.23. The predicted molar refractivity (Wildman–Crippen MR) is 67.0 cm³/mol. The molecule has 0 amide bonds. The third kappa shape index (κ3) is 2.96. The summed E-state index contributed by atoms with van der Waals surface area (Å²) in [6.07, 6.45) is 1.29. The van der Waals surface area contributed by atoms with Gasteiger partial charge in [-0.25, -0.2) is 8.42 Å². The van der Waals surface area contributed by atoms with Gasteiger partial charge < -0.3 is 0 Å². The van der Waals surface area contributed by atoms with Gasteiger partial charge >= 0.3 is 0 Å². The van der Waals surface area contributed by atoms with Gasteiger partial charge in [-0.2, -0.15) is 4.31 Å². The molecule has 1 saturated heterocycles. The van der Waals surface area contributed by atoms with Gasteiger partial charge in [0.1, 0.15) is 0 Å². The Bertz CT molecular complexity index is 355. The van der Waals surface area contributed by atoms with Gasteiger partial charge in [-0.3, -0.25) is 4.90 Å². The third-order valence-corrected chi connectivity index (χ3v) is 4.40. The van der Waals surface area contributed by atoms with Crippen LogP contribution in [0.2, 0.25) is 0 Å². The fourth-order valence-electron chi connectivity index (χ4n) is 2.64. The van der Waals surface area contributed by atoms with E-state index >= 15 is 0 Å². The van der Waals surface area contributed by atoms with Crippen molar-refractivity contribution in [2.45, 2.75) is 45.7 Å². The van der Waals surface area contributed by atoms with Gasteiger partial charge in [0.2, 0.25) is 10.0 Å². The SMILES string of the molecule is CC(C)(C)N1CCN(S(C)(=O)=O)CC1(C)C. The standard InChI is InChI=1S/C11H24N2O2S/c1-10(2,3)13-8-7-12(16(6,14)15)9-11(13,4)5/h7-9H2,1-6H3. The highest BCUT2D eigenvalue weighted by molar-refractivity contribution is 7.88. The Kier molecular flexibility index (Phi) is 3.45. The normalized spacial score (nSPS) is 24.6. The van der Waals surface area contributed by atoms with Crippen LogP contribution in [-0.2, 0) is 10.0 Å². The van der Waals surface area contributed by atoms with Crippen molar-refractivity contribution in [1.82, 2.24) is 9.21 Å². The lowest BCUT2D eigenvalue weighted by Gasteiger charge is -2.52. The number of hydrogen-bond acceptors (Lipinski definition) is 3. The van der Waals surface area contributed by atoms with Crippen molar-refractivity contribution in [3.63, 3.8) is 0 Å². The lowest BCUT2D eigenvalue weighted by molar-refractivity contribution is -0.0157. The molecule has 0 aromatic rings. The lowest BCUT2D eigenvalue weighted by Crippen LogP contribution is -2.65. The largest absolute Gasteiger partial charge is 0.291 e. The molecule has 0 radical (unpaired) electrons. The highest BCUT2D eigenvalue weighted by Crippen LogP contribution is 2.29. The summed E-state index contributed by atoms with van der Waals surface area (Å²) in [7, 11) is -3.06. The Morgan fingerprint density at radius 3 is 1.94 bits per heavy atom. The van der Waals surface area contributed by atoms with Gasteiger partial charge in [-0.1, -0.05) is 0 Å². The van der Waals surface area contributed by atoms with Crippen LogP contribution in [0.1, 0.15) is 34.6 Å². The second-order valence-corrected chi connectivity index (χ2v) is 8.21. The van der Waals surface area contributed by atoms with Crippen LogP contribution in [0, 0.1) is 0 Å². The first-order chi connectivity index (χ1) is 6.94. The molecule has 0 aliphatic carbocycles. The Morgan fingerprint density at radius 2 is 1.62 bits per heavy atom. The zero-order valence-corrected chi connectivity index (χ0v) is 12.1. The molecule has 0 spiro atoms. The van der Waals surface area contributed by atoms with Gasteiger partial charge in [0.25, 0.3) is 0 Å². The van der Waals surface area contributed by atoms with Crippen molar-refractivity contribution in [1.29, 1.82) is 0 Å². The van der Waals surface area contributed by atoms with Gasteiger partial charge in [-0.05, 0) is 34.6 Å². The zero-order valence-electron chi connectivity index (χ0n) is 11.2. The molecule has 0 unspecified atom stereocenters. The fraction of sp³-hybridized carbons (Fsp3) is 1.00. The summed E-state index contributed by atoms with van der Waals surface area (Å²) in [5.41, 5.74) is -0.0350. The topological polar surface area (TPSA) is 40.6 Å². The first kappa shape index (κ1) is 13.9. The molecule has 16 heavy (non-hydrogen) atoms. The van der Waals surface area contributed by atoms with Crippen molar-refractivity contribution in [3.8, 4) is 0 Å². The molecule has 0 bridgehead atoms. The molecule has 1 aliphatic heterocycles. The molecule has 0 atom stereocenters. The van der Waals surface area contributed by atoms with E-state index in [4.69, 9.17) is 0 Å². The van der Waals surface area contributed by atoms with E-state index in [0.717, 1.165) is 6.54 Å².